The van der Waals surface area contributed by atoms with Gasteiger partial charge in [-0.3, -0.25) is 5.32 Å². The number of thiazole rings is 1. The number of carboxylic acids is 1. The van der Waals surface area contributed by atoms with E-state index in [4.69, 9.17) is 23.8 Å². The molecule has 16 nitrogen and oxygen atoms in total. The third-order valence-electron chi connectivity index (χ3n) is 6.30. The van der Waals surface area contributed by atoms with Crippen molar-refractivity contribution in [2.24, 2.45) is 12.2 Å². The summed E-state index contributed by atoms with van der Waals surface area (Å²) in [5.74, 6) is -1.89. The molecule has 0 saturated heterocycles. The van der Waals surface area contributed by atoms with E-state index >= 15 is 0 Å². The molecule has 17 heteroatoms. The zero-order chi connectivity index (χ0) is 38.9. The van der Waals surface area contributed by atoms with Crippen LogP contribution in [0.4, 0.5) is 14.7 Å². The summed E-state index contributed by atoms with van der Waals surface area (Å²) in [6.07, 6.45) is 1.99. The first-order valence-electron chi connectivity index (χ1n) is 16.5. The number of amides is 2. The topological polar surface area (TPSA) is 193 Å². The number of aliphatic carboxylic acids is 1. The quantitative estimate of drug-likeness (QED) is 0.0485. The van der Waals surface area contributed by atoms with Crippen molar-refractivity contribution >= 4 is 46.3 Å². The molecular weight excluding hydrogens is 696 g/mol. The van der Waals surface area contributed by atoms with Gasteiger partial charge in [0.1, 0.15) is 41.1 Å². The molecule has 3 rings (SSSR count). The van der Waals surface area contributed by atoms with E-state index in [9.17, 15) is 24.3 Å². The Bertz CT molecular complexity index is 1730. The lowest BCUT2D eigenvalue weighted by molar-refractivity contribution is -0.660. The normalized spacial score (nSPS) is 12.8. The maximum Gasteiger partial charge on any atom is 0.413 e. The molecule has 0 fully saturated rings. The first-order valence-corrected chi connectivity index (χ1v) is 17.4. The number of imidazole rings is 1. The van der Waals surface area contributed by atoms with Crippen molar-refractivity contribution in [2.75, 3.05) is 18.5 Å². The van der Waals surface area contributed by atoms with Gasteiger partial charge in [0.15, 0.2) is 10.8 Å². The second-order valence-electron chi connectivity index (χ2n) is 14.6. The molecule has 0 bridgehead atoms. The Hall–Kier alpha value is -5.19. The standard InChI is InChI=1S/C35H48N6O10S/c1-33(2,3)48-29(44)26(51-39-27(28(42)43)24-20-52-30(37-24)38-32(46)50-35(7,8)9)19-47-23-14-12-22(13-15-23)25-18-41(21-40(25)10)17-11-16-36-31(45)49-34(4,5)6/h12-15,18,20-21,26H,11,16-17,19H2,1-10H3,(H2-,36,37,38,42,43,45,46)/p+1/b39-27-. The predicted molar refractivity (Wildman–Crippen MR) is 192 cm³/mol. The average molecular weight is 746 g/mol. The first-order chi connectivity index (χ1) is 24.1. The molecule has 1 atom stereocenters. The van der Waals surface area contributed by atoms with Crippen LogP contribution in [0.3, 0.4) is 0 Å². The second-order valence-corrected chi connectivity index (χ2v) is 15.5. The molecule has 0 aliphatic heterocycles. The number of rotatable bonds is 14. The molecule has 3 aromatic rings. The molecule has 0 saturated carbocycles. The van der Waals surface area contributed by atoms with E-state index in [0.29, 0.717) is 25.3 Å². The molecule has 1 unspecified atom stereocenters. The van der Waals surface area contributed by atoms with Crippen molar-refractivity contribution in [1.29, 1.82) is 0 Å². The van der Waals surface area contributed by atoms with Crippen LogP contribution in [0.5, 0.6) is 5.75 Å². The van der Waals surface area contributed by atoms with E-state index in [-0.39, 0.29) is 17.4 Å². The van der Waals surface area contributed by atoms with Crippen LogP contribution >= 0.6 is 11.3 Å². The van der Waals surface area contributed by atoms with Crippen molar-refractivity contribution < 1.29 is 52.6 Å². The molecule has 0 spiro atoms. The number of aryl methyl sites for hydroxylation is 2. The number of nitrogens with one attached hydrogen (secondary N) is 2. The Morgan fingerprint density at radius 3 is 2.15 bits per heavy atom. The maximum atomic E-state index is 13.0. The Morgan fingerprint density at radius 1 is 0.942 bits per heavy atom. The summed E-state index contributed by atoms with van der Waals surface area (Å²) < 4.78 is 25.8. The van der Waals surface area contributed by atoms with Crippen LogP contribution in [0.2, 0.25) is 0 Å². The van der Waals surface area contributed by atoms with Gasteiger partial charge in [0.05, 0.1) is 13.6 Å². The Kier molecular flexibility index (Phi) is 13.8. The van der Waals surface area contributed by atoms with Gasteiger partial charge in [-0.1, -0.05) is 5.16 Å². The second kappa shape index (κ2) is 17.4. The van der Waals surface area contributed by atoms with Crippen molar-refractivity contribution in [1.82, 2.24) is 14.9 Å². The van der Waals surface area contributed by atoms with Gasteiger partial charge in [-0.05, 0) is 86.6 Å². The summed E-state index contributed by atoms with van der Waals surface area (Å²) in [7, 11) is 1.92. The highest BCUT2D eigenvalue weighted by Gasteiger charge is 2.30. The summed E-state index contributed by atoms with van der Waals surface area (Å²) in [5.41, 5.74) is -1.06. The minimum atomic E-state index is -1.48. The lowest BCUT2D eigenvalue weighted by Gasteiger charge is -2.23. The third kappa shape index (κ3) is 14.2. The van der Waals surface area contributed by atoms with Crippen molar-refractivity contribution in [3.8, 4) is 17.0 Å². The van der Waals surface area contributed by atoms with Gasteiger partial charge in [-0.2, -0.15) is 0 Å². The highest BCUT2D eigenvalue weighted by atomic mass is 32.1. The number of benzene rings is 1. The fraction of sp³-hybridized carbons (Fsp3) is 0.514. The summed E-state index contributed by atoms with van der Waals surface area (Å²) in [6, 6.07) is 7.16. The summed E-state index contributed by atoms with van der Waals surface area (Å²) in [5, 5.41) is 20.2. The zero-order valence-corrected chi connectivity index (χ0v) is 32.1. The fourth-order valence-corrected chi connectivity index (χ4v) is 4.96. The number of nitrogens with zero attached hydrogens (tertiary/aromatic N) is 4. The maximum absolute atomic E-state index is 13.0. The van der Waals surface area contributed by atoms with Crippen molar-refractivity contribution in [3.05, 3.63) is 47.9 Å². The predicted octanol–water partition coefficient (Wildman–Crippen LogP) is 5.29. The Morgan fingerprint density at radius 2 is 1.56 bits per heavy atom. The van der Waals surface area contributed by atoms with Gasteiger partial charge in [-0.25, -0.2) is 33.3 Å². The molecule has 0 aliphatic carbocycles. The number of alkyl carbamates (subject to hydrolysis) is 1. The van der Waals surface area contributed by atoms with Crippen LogP contribution < -0.4 is 19.9 Å². The van der Waals surface area contributed by atoms with E-state index in [2.05, 4.69) is 20.8 Å². The molecule has 2 aromatic heterocycles. The molecule has 52 heavy (non-hydrogen) atoms. The highest BCUT2D eigenvalue weighted by molar-refractivity contribution is 7.14. The SMILES string of the molecule is C[n+]1cn(CCCNC(=O)OC(C)(C)C)cc1-c1ccc(OCC(O/N=C(\C(=O)O)c2csc(NC(=O)OC(C)(C)C)n2)C(=O)OC(C)(C)C)cc1. The van der Waals surface area contributed by atoms with Crippen LogP contribution in [0.25, 0.3) is 11.3 Å². The van der Waals surface area contributed by atoms with Gasteiger partial charge in [0.25, 0.3) is 6.10 Å². The Balaban J connectivity index is 1.67. The highest BCUT2D eigenvalue weighted by Crippen LogP contribution is 2.22. The number of hydrogen-bond donors (Lipinski definition) is 3. The van der Waals surface area contributed by atoms with Crippen molar-refractivity contribution in [2.45, 2.75) is 98.2 Å². The minimum absolute atomic E-state index is 0.0754. The number of hydrogen-bond acceptors (Lipinski definition) is 12. The van der Waals surface area contributed by atoms with Crippen LogP contribution in [0, 0.1) is 0 Å². The molecule has 2 amide bonds. The molecule has 2 heterocycles. The number of esters is 1. The molecule has 284 valence electrons. The number of oxime groups is 1. The number of carboxylic acid groups (broad SMARTS) is 1. The number of aromatic nitrogens is 3. The summed E-state index contributed by atoms with van der Waals surface area (Å²) in [6.45, 7) is 16.4. The number of anilines is 1. The molecule has 0 aliphatic rings. The van der Waals surface area contributed by atoms with Gasteiger partial charge in [0.2, 0.25) is 12.0 Å². The summed E-state index contributed by atoms with van der Waals surface area (Å²) in [4.78, 5) is 58.6. The molecule has 1 aromatic carbocycles. The molecular formula is C35H49N6O10S+. The lowest BCUT2D eigenvalue weighted by atomic mass is 10.1. The van der Waals surface area contributed by atoms with Crippen molar-refractivity contribution in [3.63, 3.8) is 0 Å². The van der Waals surface area contributed by atoms with Gasteiger partial charge in [-0.15, -0.1) is 11.3 Å². The van der Waals surface area contributed by atoms with Crippen LogP contribution in [-0.2, 0) is 42.2 Å². The van der Waals surface area contributed by atoms with E-state index in [1.807, 2.05) is 61.6 Å². The fourth-order valence-electron chi connectivity index (χ4n) is 4.28. The van der Waals surface area contributed by atoms with Gasteiger partial charge >= 0.3 is 24.1 Å². The largest absolute Gasteiger partial charge is 0.489 e. The zero-order valence-electron chi connectivity index (χ0n) is 31.3. The van der Waals surface area contributed by atoms with E-state index in [1.54, 1.807) is 53.7 Å². The van der Waals surface area contributed by atoms with Gasteiger partial charge in [0, 0.05) is 23.9 Å². The third-order valence-corrected chi connectivity index (χ3v) is 7.06. The average Bonchev–Trinajstić information content (AvgIpc) is 3.60. The summed E-state index contributed by atoms with van der Waals surface area (Å²) >= 11 is 0.954. The van der Waals surface area contributed by atoms with E-state index < -0.39 is 52.7 Å². The first kappa shape index (κ1) is 41.2. The van der Waals surface area contributed by atoms with Crippen LogP contribution in [-0.4, -0.2) is 80.6 Å². The molecule has 0 radical (unpaired) electrons. The lowest BCUT2D eigenvalue weighted by Crippen LogP contribution is -2.37. The Labute approximate surface area is 307 Å². The van der Waals surface area contributed by atoms with Crippen LogP contribution in [0.15, 0.2) is 47.3 Å². The monoisotopic (exact) mass is 745 g/mol. The van der Waals surface area contributed by atoms with E-state index in [1.165, 1.54) is 5.38 Å². The minimum Gasteiger partial charge on any atom is -0.489 e. The molecule has 3 N–H and O–H groups in total. The van der Waals surface area contributed by atoms with Crippen LogP contribution in [0.1, 0.15) is 74.4 Å². The number of carbonyl (C=O) groups excluding carboxylic acids is 3. The number of ether oxygens (including phenoxy) is 4. The number of carbonyl (C=O) groups is 4. The van der Waals surface area contributed by atoms with E-state index in [0.717, 1.165) is 22.6 Å². The van der Waals surface area contributed by atoms with Gasteiger partial charge < -0.3 is 34.2 Å². The smallest absolute Gasteiger partial charge is 0.413 e.